The average molecular weight is 251 g/mol. The van der Waals surface area contributed by atoms with Crippen molar-refractivity contribution >= 4 is 5.97 Å². The van der Waals surface area contributed by atoms with Gasteiger partial charge in [-0.25, -0.2) is 14.8 Å². The van der Waals surface area contributed by atoms with Crippen LogP contribution in [0.1, 0.15) is 34.0 Å². The molecule has 0 unspecified atom stereocenters. The van der Waals surface area contributed by atoms with Crippen molar-refractivity contribution in [2.45, 2.75) is 25.9 Å². The van der Waals surface area contributed by atoms with E-state index in [9.17, 15) is 4.79 Å². The molecule has 0 radical (unpaired) electrons. The highest BCUT2D eigenvalue weighted by Gasteiger charge is 2.23. The molecule has 6 nitrogen and oxygen atoms in total. The van der Waals surface area contributed by atoms with Crippen LogP contribution in [0.2, 0.25) is 0 Å². The maximum atomic E-state index is 11.7. The maximum Gasteiger partial charge on any atom is 0.357 e. The fourth-order valence-electron chi connectivity index (χ4n) is 1.97. The summed E-state index contributed by atoms with van der Waals surface area (Å²) in [5, 5.41) is 3.17. The van der Waals surface area contributed by atoms with Crippen LogP contribution in [0.25, 0.3) is 0 Å². The second-order valence-electron chi connectivity index (χ2n) is 4.11. The number of hydrogen-bond donors (Lipinski definition) is 1. The summed E-state index contributed by atoms with van der Waals surface area (Å²) in [5.74, 6) is 0.278. The van der Waals surface area contributed by atoms with Gasteiger partial charge in [0.1, 0.15) is 5.82 Å². The van der Waals surface area contributed by atoms with Gasteiger partial charge in [-0.05, 0) is 6.42 Å². The van der Waals surface area contributed by atoms with Crippen LogP contribution in [0.15, 0.2) is 0 Å². The third-order valence-corrected chi connectivity index (χ3v) is 2.86. The second-order valence-corrected chi connectivity index (χ2v) is 4.11. The Hall–Kier alpha value is -1.53. The van der Waals surface area contributed by atoms with Crippen LogP contribution in [-0.4, -0.2) is 36.8 Å². The Kier molecular flexibility index (Phi) is 4.22. The van der Waals surface area contributed by atoms with Crippen LogP contribution in [0.5, 0.6) is 0 Å². The quantitative estimate of drug-likeness (QED) is 0.605. The van der Waals surface area contributed by atoms with E-state index in [-0.39, 0.29) is 0 Å². The number of aromatic nitrogens is 2. The van der Waals surface area contributed by atoms with Crippen molar-refractivity contribution < 1.29 is 14.3 Å². The fourth-order valence-corrected chi connectivity index (χ4v) is 1.97. The Morgan fingerprint density at radius 3 is 2.89 bits per heavy atom. The summed E-state index contributed by atoms with van der Waals surface area (Å²) in [6.45, 7) is 1.96. The zero-order valence-corrected chi connectivity index (χ0v) is 10.7. The van der Waals surface area contributed by atoms with Gasteiger partial charge in [-0.3, -0.25) is 0 Å². The number of hydrogen-bond acceptors (Lipinski definition) is 6. The number of nitrogens with zero attached hydrogens (tertiary/aromatic N) is 2. The van der Waals surface area contributed by atoms with Gasteiger partial charge in [-0.15, -0.1) is 0 Å². The van der Waals surface area contributed by atoms with Crippen LogP contribution in [0.4, 0.5) is 0 Å². The molecule has 0 saturated carbocycles. The van der Waals surface area contributed by atoms with Gasteiger partial charge in [0.25, 0.3) is 0 Å². The molecule has 1 aromatic rings. The SMILES string of the molecule is COCCCc1nc2c(c(C(=O)OC)n1)CNC2. The Morgan fingerprint density at radius 2 is 2.17 bits per heavy atom. The third-order valence-electron chi connectivity index (χ3n) is 2.86. The number of rotatable bonds is 5. The molecule has 2 heterocycles. The van der Waals surface area contributed by atoms with Gasteiger partial charge in [0.15, 0.2) is 5.69 Å². The largest absolute Gasteiger partial charge is 0.464 e. The number of ether oxygens (including phenoxy) is 2. The van der Waals surface area contributed by atoms with E-state index in [1.165, 1.54) is 7.11 Å². The normalized spacial score (nSPS) is 13.4. The van der Waals surface area contributed by atoms with E-state index in [0.717, 1.165) is 17.7 Å². The first-order valence-corrected chi connectivity index (χ1v) is 5.93. The summed E-state index contributed by atoms with van der Waals surface area (Å²) >= 11 is 0. The summed E-state index contributed by atoms with van der Waals surface area (Å²) in [6, 6.07) is 0. The lowest BCUT2D eigenvalue weighted by Crippen LogP contribution is -2.13. The summed E-state index contributed by atoms with van der Waals surface area (Å²) in [7, 11) is 3.02. The van der Waals surface area contributed by atoms with Crippen molar-refractivity contribution in [1.82, 2.24) is 15.3 Å². The molecule has 0 saturated heterocycles. The number of methoxy groups -OCH3 is 2. The van der Waals surface area contributed by atoms with Crippen LogP contribution in [0, 0.1) is 0 Å². The standard InChI is InChI=1S/C12H17N3O3/c1-17-5-3-4-10-14-9-7-13-6-8(9)11(15-10)12(16)18-2/h13H,3-7H2,1-2H3. The molecule has 0 amide bonds. The van der Waals surface area contributed by atoms with Gasteiger partial charge in [-0.2, -0.15) is 0 Å². The van der Waals surface area contributed by atoms with Gasteiger partial charge >= 0.3 is 5.97 Å². The number of nitrogens with one attached hydrogen (secondary N) is 1. The topological polar surface area (TPSA) is 73.3 Å². The van der Waals surface area contributed by atoms with Crippen molar-refractivity contribution in [3.63, 3.8) is 0 Å². The lowest BCUT2D eigenvalue weighted by molar-refractivity contribution is 0.0592. The third kappa shape index (κ3) is 2.65. The molecule has 2 rings (SSSR count). The highest BCUT2D eigenvalue weighted by atomic mass is 16.5. The zero-order chi connectivity index (χ0) is 13.0. The van der Waals surface area contributed by atoms with Crippen molar-refractivity contribution in [1.29, 1.82) is 0 Å². The van der Waals surface area contributed by atoms with Crippen molar-refractivity contribution in [2.75, 3.05) is 20.8 Å². The molecule has 0 bridgehead atoms. The van der Waals surface area contributed by atoms with E-state index < -0.39 is 5.97 Å². The molecular formula is C12H17N3O3. The number of fused-ring (bicyclic) bond motifs is 1. The minimum Gasteiger partial charge on any atom is -0.464 e. The molecule has 0 spiro atoms. The maximum absolute atomic E-state index is 11.7. The lowest BCUT2D eigenvalue weighted by atomic mass is 10.1. The van der Waals surface area contributed by atoms with E-state index in [4.69, 9.17) is 9.47 Å². The van der Waals surface area contributed by atoms with Crippen LogP contribution < -0.4 is 5.32 Å². The summed E-state index contributed by atoms with van der Waals surface area (Å²) in [6.07, 6.45) is 1.54. The predicted octanol–water partition coefficient (Wildman–Crippen LogP) is 0.445. The Labute approximate surface area is 106 Å². The van der Waals surface area contributed by atoms with E-state index >= 15 is 0 Å². The molecule has 0 atom stereocenters. The molecule has 18 heavy (non-hydrogen) atoms. The minimum atomic E-state index is -0.398. The molecule has 1 aliphatic heterocycles. The van der Waals surface area contributed by atoms with E-state index in [2.05, 4.69) is 15.3 Å². The molecule has 1 aromatic heterocycles. The highest BCUT2D eigenvalue weighted by molar-refractivity contribution is 5.89. The lowest BCUT2D eigenvalue weighted by Gasteiger charge is -2.07. The Bertz CT molecular complexity index is 448. The van der Waals surface area contributed by atoms with Crippen LogP contribution >= 0.6 is 0 Å². The number of carbonyl (C=O) groups excluding carboxylic acids is 1. The summed E-state index contributed by atoms with van der Waals surface area (Å²) in [5.41, 5.74) is 2.15. The molecule has 1 aliphatic rings. The van der Waals surface area contributed by atoms with Crippen molar-refractivity contribution in [3.8, 4) is 0 Å². The Balaban J connectivity index is 2.25. The zero-order valence-electron chi connectivity index (χ0n) is 10.7. The number of aryl methyl sites for hydroxylation is 1. The number of esters is 1. The molecule has 0 aromatic carbocycles. The fraction of sp³-hybridized carbons (Fsp3) is 0.583. The van der Waals surface area contributed by atoms with Crippen LogP contribution in [0.3, 0.4) is 0 Å². The molecule has 98 valence electrons. The van der Waals surface area contributed by atoms with E-state index in [1.54, 1.807) is 7.11 Å². The van der Waals surface area contributed by atoms with Gasteiger partial charge in [0.2, 0.25) is 0 Å². The summed E-state index contributed by atoms with van der Waals surface area (Å²) in [4.78, 5) is 20.5. The molecule has 6 heteroatoms. The smallest absolute Gasteiger partial charge is 0.357 e. The minimum absolute atomic E-state index is 0.389. The monoisotopic (exact) mass is 251 g/mol. The predicted molar refractivity (Wildman–Crippen MR) is 64.1 cm³/mol. The van der Waals surface area contributed by atoms with Crippen LogP contribution in [-0.2, 0) is 29.0 Å². The molecule has 0 fully saturated rings. The second kappa shape index (κ2) is 5.88. The first-order chi connectivity index (χ1) is 8.76. The van der Waals surface area contributed by atoms with Gasteiger partial charge < -0.3 is 14.8 Å². The van der Waals surface area contributed by atoms with Gasteiger partial charge in [0, 0.05) is 38.8 Å². The van der Waals surface area contributed by atoms with E-state index in [1.807, 2.05) is 0 Å². The van der Waals surface area contributed by atoms with E-state index in [0.29, 0.717) is 37.6 Å². The molecular weight excluding hydrogens is 234 g/mol. The first-order valence-electron chi connectivity index (χ1n) is 5.93. The first kappa shape index (κ1) is 12.9. The van der Waals surface area contributed by atoms with Crippen molar-refractivity contribution in [3.05, 3.63) is 22.8 Å². The molecule has 0 aliphatic carbocycles. The van der Waals surface area contributed by atoms with Gasteiger partial charge in [-0.1, -0.05) is 0 Å². The van der Waals surface area contributed by atoms with Crippen molar-refractivity contribution in [2.24, 2.45) is 0 Å². The molecule has 1 N–H and O–H groups in total. The number of carbonyl (C=O) groups is 1. The summed E-state index contributed by atoms with van der Waals surface area (Å²) < 4.78 is 9.76. The highest BCUT2D eigenvalue weighted by Crippen LogP contribution is 2.18. The van der Waals surface area contributed by atoms with Gasteiger partial charge in [0.05, 0.1) is 12.8 Å². The average Bonchev–Trinajstić information content (AvgIpc) is 2.85. The Morgan fingerprint density at radius 1 is 1.33 bits per heavy atom.